The molecule has 0 saturated carbocycles. The fraction of sp³-hybridized carbons (Fsp3) is 0.405. The molecule has 1 saturated heterocycles. The molecule has 3 aromatic carbocycles. The van der Waals surface area contributed by atoms with E-state index in [-0.39, 0.29) is 23.7 Å². The standard InChI is InChI=1S/C42H50FN3O5/c1-27-35(37(45-23-21-42(6,7)22-24-45)36(28(2)44-27)38(40(48)49)51-41(3,4)5)31-13-9-29(10-14-31)25-46(26-30-11-17-33(43)18-12-30)39(47)32-15-19-34(50-8)20-16-32/h9-20,38H,21-26H2,1-8H3,(H,48,49)/t38-/m0/s1. The molecule has 2 heterocycles. The van der Waals surface area contributed by atoms with Crippen LogP contribution < -0.4 is 9.64 Å². The Morgan fingerprint density at radius 3 is 1.96 bits per heavy atom. The van der Waals surface area contributed by atoms with Gasteiger partial charge >= 0.3 is 5.97 Å². The highest BCUT2D eigenvalue weighted by Crippen LogP contribution is 2.45. The van der Waals surface area contributed by atoms with Gasteiger partial charge in [0, 0.05) is 54.3 Å². The van der Waals surface area contributed by atoms with Gasteiger partial charge in [0.1, 0.15) is 11.6 Å². The summed E-state index contributed by atoms with van der Waals surface area (Å²) in [4.78, 5) is 35.7. The van der Waals surface area contributed by atoms with Crippen molar-refractivity contribution in [2.75, 3.05) is 25.1 Å². The highest BCUT2D eigenvalue weighted by Gasteiger charge is 2.36. The first-order valence-corrected chi connectivity index (χ1v) is 17.5. The highest BCUT2D eigenvalue weighted by molar-refractivity contribution is 5.94. The lowest BCUT2D eigenvalue weighted by atomic mass is 9.81. The van der Waals surface area contributed by atoms with Gasteiger partial charge < -0.3 is 24.4 Å². The van der Waals surface area contributed by atoms with Crippen molar-refractivity contribution in [3.05, 3.63) is 112 Å². The average molecular weight is 696 g/mol. The topological polar surface area (TPSA) is 92.2 Å². The number of carbonyl (C=O) groups excluding carboxylic acids is 1. The van der Waals surface area contributed by atoms with Crippen LogP contribution in [-0.4, -0.2) is 52.7 Å². The first kappa shape index (κ1) is 37.5. The molecule has 4 aromatic rings. The van der Waals surface area contributed by atoms with Gasteiger partial charge in [0.25, 0.3) is 5.91 Å². The molecule has 1 aliphatic heterocycles. The minimum absolute atomic E-state index is 0.164. The number of aliphatic carboxylic acids is 1. The Hall–Kier alpha value is -4.76. The number of methoxy groups -OCH3 is 1. The summed E-state index contributed by atoms with van der Waals surface area (Å²) in [6, 6.07) is 21.2. The molecule has 1 aromatic heterocycles. The fourth-order valence-corrected chi connectivity index (χ4v) is 6.68. The Kier molecular flexibility index (Phi) is 11.2. The van der Waals surface area contributed by atoms with E-state index in [0.29, 0.717) is 29.1 Å². The summed E-state index contributed by atoms with van der Waals surface area (Å²) >= 11 is 0. The Balaban J connectivity index is 1.55. The number of hydrogen-bond acceptors (Lipinski definition) is 6. The molecule has 0 radical (unpaired) electrons. The van der Waals surface area contributed by atoms with Gasteiger partial charge in [0.15, 0.2) is 6.10 Å². The predicted molar refractivity (Wildman–Crippen MR) is 199 cm³/mol. The van der Waals surface area contributed by atoms with Crippen molar-refractivity contribution in [1.29, 1.82) is 0 Å². The van der Waals surface area contributed by atoms with E-state index in [0.717, 1.165) is 59.6 Å². The number of halogens is 1. The van der Waals surface area contributed by atoms with Gasteiger partial charge in [-0.05, 0) is 106 Å². The number of amides is 1. The van der Waals surface area contributed by atoms with Crippen LogP contribution in [-0.2, 0) is 22.6 Å². The predicted octanol–water partition coefficient (Wildman–Crippen LogP) is 8.92. The van der Waals surface area contributed by atoms with Crippen molar-refractivity contribution in [2.24, 2.45) is 5.41 Å². The van der Waals surface area contributed by atoms with E-state index in [4.69, 9.17) is 14.5 Å². The largest absolute Gasteiger partial charge is 0.497 e. The summed E-state index contributed by atoms with van der Waals surface area (Å²) in [5.74, 6) is -0.897. The van der Waals surface area contributed by atoms with Gasteiger partial charge in [-0.2, -0.15) is 0 Å². The third-order valence-corrected chi connectivity index (χ3v) is 9.50. The van der Waals surface area contributed by atoms with Gasteiger partial charge in [0.2, 0.25) is 0 Å². The van der Waals surface area contributed by atoms with E-state index >= 15 is 0 Å². The van der Waals surface area contributed by atoms with Crippen LogP contribution in [0.2, 0.25) is 0 Å². The number of carbonyl (C=O) groups is 2. The molecule has 8 nitrogen and oxygen atoms in total. The molecule has 51 heavy (non-hydrogen) atoms. The molecule has 1 N–H and O–H groups in total. The van der Waals surface area contributed by atoms with Crippen LogP contribution in [0.4, 0.5) is 10.1 Å². The molecule has 270 valence electrons. The van der Waals surface area contributed by atoms with Crippen LogP contribution in [0.15, 0.2) is 72.8 Å². The zero-order valence-corrected chi connectivity index (χ0v) is 31.0. The maximum Gasteiger partial charge on any atom is 0.337 e. The van der Waals surface area contributed by atoms with Crippen LogP contribution >= 0.6 is 0 Å². The van der Waals surface area contributed by atoms with E-state index in [1.54, 1.807) is 48.4 Å². The van der Waals surface area contributed by atoms with E-state index in [9.17, 15) is 19.1 Å². The molecular weight excluding hydrogens is 645 g/mol. The second kappa shape index (κ2) is 15.2. The maximum atomic E-state index is 13.8. The summed E-state index contributed by atoms with van der Waals surface area (Å²) in [5, 5.41) is 10.5. The summed E-state index contributed by atoms with van der Waals surface area (Å²) in [7, 11) is 1.58. The highest BCUT2D eigenvalue weighted by atomic mass is 19.1. The number of pyridine rings is 1. The molecule has 1 aliphatic rings. The molecule has 1 atom stereocenters. The van der Waals surface area contributed by atoms with Crippen LogP contribution in [0.25, 0.3) is 11.1 Å². The second-order valence-electron chi connectivity index (χ2n) is 15.2. The Bertz CT molecular complexity index is 1840. The number of nitrogens with zero attached hydrogens (tertiary/aromatic N) is 3. The lowest BCUT2D eigenvalue weighted by molar-refractivity contribution is -0.160. The molecule has 9 heteroatoms. The number of aromatic nitrogens is 1. The maximum absolute atomic E-state index is 13.8. The van der Waals surface area contributed by atoms with Crippen molar-refractivity contribution in [3.63, 3.8) is 0 Å². The monoisotopic (exact) mass is 695 g/mol. The molecule has 0 spiro atoms. The van der Waals surface area contributed by atoms with Crippen molar-refractivity contribution in [3.8, 4) is 16.9 Å². The first-order chi connectivity index (χ1) is 24.0. The van der Waals surface area contributed by atoms with Crippen molar-refractivity contribution in [1.82, 2.24) is 9.88 Å². The van der Waals surface area contributed by atoms with Crippen molar-refractivity contribution >= 4 is 17.6 Å². The zero-order valence-electron chi connectivity index (χ0n) is 31.0. The van der Waals surface area contributed by atoms with Crippen LogP contribution in [0, 0.1) is 25.1 Å². The van der Waals surface area contributed by atoms with E-state index in [2.05, 4.69) is 18.7 Å². The minimum atomic E-state index is -1.20. The van der Waals surface area contributed by atoms with E-state index < -0.39 is 17.7 Å². The molecule has 1 fully saturated rings. The van der Waals surface area contributed by atoms with Crippen LogP contribution in [0.5, 0.6) is 5.75 Å². The fourth-order valence-electron chi connectivity index (χ4n) is 6.68. The number of rotatable bonds is 11. The van der Waals surface area contributed by atoms with Gasteiger partial charge in [-0.15, -0.1) is 0 Å². The quantitative estimate of drug-likeness (QED) is 0.168. The number of anilines is 1. The number of piperidine rings is 1. The number of carboxylic acids is 1. The van der Waals surface area contributed by atoms with E-state index in [1.807, 2.05) is 58.9 Å². The summed E-state index contributed by atoms with van der Waals surface area (Å²) in [5.41, 5.74) is 6.37. The number of carboxylic acid groups (broad SMARTS) is 1. The van der Waals surface area contributed by atoms with Gasteiger partial charge in [-0.25, -0.2) is 9.18 Å². The third-order valence-electron chi connectivity index (χ3n) is 9.50. The van der Waals surface area contributed by atoms with E-state index in [1.165, 1.54) is 12.1 Å². The molecule has 0 bridgehead atoms. The van der Waals surface area contributed by atoms with Crippen LogP contribution in [0.1, 0.15) is 92.0 Å². The Labute approximate surface area is 301 Å². The molecular formula is C42H50FN3O5. The Morgan fingerprint density at radius 1 is 0.902 bits per heavy atom. The van der Waals surface area contributed by atoms with Gasteiger partial charge in [0.05, 0.1) is 18.4 Å². The normalized spacial score (nSPS) is 15.0. The number of hydrogen-bond donors (Lipinski definition) is 1. The first-order valence-electron chi connectivity index (χ1n) is 17.5. The van der Waals surface area contributed by atoms with Crippen molar-refractivity contribution < 1.29 is 28.6 Å². The zero-order chi connectivity index (χ0) is 37.1. The lowest BCUT2D eigenvalue weighted by Crippen LogP contribution is -2.39. The average Bonchev–Trinajstić information content (AvgIpc) is 3.07. The smallest absolute Gasteiger partial charge is 0.337 e. The Morgan fingerprint density at radius 2 is 1.45 bits per heavy atom. The van der Waals surface area contributed by atoms with Gasteiger partial charge in [-0.3, -0.25) is 9.78 Å². The molecule has 0 unspecified atom stereocenters. The van der Waals surface area contributed by atoms with Gasteiger partial charge in [-0.1, -0.05) is 50.2 Å². The summed E-state index contributed by atoms with van der Waals surface area (Å²) in [6.45, 7) is 16.1. The molecule has 5 rings (SSSR count). The SMILES string of the molecule is COc1ccc(C(=O)N(Cc2ccc(F)cc2)Cc2ccc(-c3c(C)nc(C)c([C@H](OC(C)(C)C)C(=O)O)c3N3CCC(C)(C)CC3)cc2)cc1. The lowest BCUT2D eigenvalue weighted by Gasteiger charge is -2.41. The number of benzene rings is 3. The minimum Gasteiger partial charge on any atom is -0.497 e. The van der Waals surface area contributed by atoms with Crippen LogP contribution in [0.3, 0.4) is 0 Å². The molecule has 1 amide bonds. The summed E-state index contributed by atoms with van der Waals surface area (Å²) < 4.78 is 25.2. The number of aryl methyl sites for hydroxylation is 2. The second-order valence-corrected chi connectivity index (χ2v) is 15.2. The van der Waals surface area contributed by atoms with Crippen molar-refractivity contribution in [2.45, 2.75) is 86.1 Å². The number of ether oxygens (including phenoxy) is 2. The third kappa shape index (κ3) is 9.13. The summed E-state index contributed by atoms with van der Waals surface area (Å²) in [6.07, 6.45) is 0.731. The molecule has 0 aliphatic carbocycles.